The van der Waals surface area contributed by atoms with Gasteiger partial charge in [0, 0.05) is 38.8 Å². The molecule has 278 valence electrons. The molecule has 0 aliphatic heterocycles. The molecule has 0 saturated heterocycles. The van der Waals surface area contributed by atoms with Gasteiger partial charge < -0.3 is 0 Å². The molecule has 0 amide bonds. The Labute approximate surface area is 338 Å². The van der Waals surface area contributed by atoms with Gasteiger partial charge in [-0.3, -0.25) is 0 Å². The zero-order valence-corrected chi connectivity index (χ0v) is 32.0. The molecule has 8 aromatic rings. The average Bonchev–Trinajstić information content (AvgIpc) is 3.58. The van der Waals surface area contributed by atoms with Gasteiger partial charge in [-0.15, -0.1) is 0 Å². The molecule has 4 fully saturated rings. The topological polar surface area (TPSA) is 77.3 Å². The molecule has 0 N–H and O–H groups in total. The number of rotatable bonds is 6. The fourth-order valence-electron chi connectivity index (χ4n) is 11.3. The molecule has 13 rings (SSSR count). The number of aromatic nitrogens is 6. The van der Waals surface area contributed by atoms with Crippen LogP contribution in [-0.2, 0) is 5.41 Å². The predicted molar refractivity (Wildman–Crippen MR) is 229 cm³/mol. The van der Waals surface area contributed by atoms with E-state index in [9.17, 15) is 0 Å². The van der Waals surface area contributed by atoms with Gasteiger partial charge in [-0.1, -0.05) is 146 Å². The lowest BCUT2D eigenvalue weighted by Crippen LogP contribution is -2.55. The summed E-state index contributed by atoms with van der Waals surface area (Å²) in [6, 6.07) is 55.1. The van der Waals surface area contributed by atoms with Gasteiger partial charge in [0.15, 0.2) is 34.9 Å². The third kappa shape index (κ3) is 5.31. The van der Waals surface area contributed by atoms with Crippen LogP contribution in [0.25, 0.3) is 79.5 Å². The Morgan fingerprint density at radius 3 is 0.914 bits per heavy atom. The summed E-state index contributed by atoms with van der Waals surface area (Å²) in [5.74, 6) is 6.94. The molecule has 2 aromatic heterocycles. The number of nitrogens with zero attached hydrogens (tertiary/aromatic N) is 6. The van der Waals surface area contributed by atoms with Gasteiger partial charge in [0.25, 0.3) is 0 Å². The van der Waals surface area contributed by atoms with Crippen molar-refractivity contribution in [2.24, 2.45) is 23.7 Å². The normalized spacial score (nSPS) is 20.6. The molecule has 1 spiro atoms. The molecular weight excluding hydrogens is 709 g/mol. The second-order valence-corrected chi connectivity index (χ2v) is 16.8. The van der Waals surface area contributed by atoms with Gasteiger partial charge in [-0.25, -0.2) is 29.9 Å². The lowest BCUT2D eigenvalue weighted by atomic mass is 9.43. The number of hydrogen-bond acceptors (Lipinski definition) is 6. The highest BCUT2D eigenvalue weighted by Crippen LogP contribution is 2.69. The van der Waals surface area contributed by atoms with Crippen molar-refractivity contribution in [2.75, 3.05) is 0 Å². The molecule has 0 radical (unpaired) electrons. The number of hydrogen-bond donors (Lipinski definition) is 0. The Hall–Kier alpha value is -6.66. The number of benzene rings is 6. The van der Waals surface area contributed by atoms with E-state index >= 15 is 0 Å². The Bertz CT molecular complexity index is 2520. The number of fused-ring (bicyclic) bond motifs is 3. The molecule has 5 aliphatic rings. The second kappa shape index (κ2) is 13.2. The van der Waals surface area contributed by atoms with Crippen LogP contribution in [0.1, 0.15) is 43.2 Å². The van der Waals surface area contributed by atoms with E-state index in [1.807, 2.05) is 72.8 Å². The van der Waals surface area contributed by atoms with Crippen molar-refractivity contribution in [3.63, 3.8) is 0 Å². The maximum Gasteiger partial charge on any atom is 0.164 e. The van der Waals surface area contributed by atoms with Crippen LogP contribution in [0.5, 0.6) is 0 Å². The first-order valence-electron chi connectivity index (χ1n) is 20.7. The van der Waals surface area contributed by atoms with E-state index in [0.29, 0.717) is 46.8 Å². The molecular formula is C52H40N6. The molecule has 5 aliphatic carbocycles. The predicted octanol–water partition coefficient (Wildman–Crippen LogP) is 11.8. The van der Waals surface area contributed by atoms with Gasteiger partial charge >= 0.3 is 0 Å². The summed E-state index contributed by atoms with van der Waals surface area (Å²) in [6.45, 7) is 0. The Balaban J connectivity index is 1.04. The molecule has 2 heterocycles. The average molecular weight is 749 g/mol. The van der Waals surface area contributed by atoms with Crippen molar-refractivity contribution in [2.45, 2.75) is 37.5 Å². The Morgan fingerprint density at radius 1 is 0.310 bits per heavy atom. The van der Waals surface area contributed by atoms with Crippen molar-refractivity contribution in [1.29, 1.82) is 0 Å². The van der Waals surface area contributed by atoms with Crippen LogP contribution >= 0.6 is 0 Å². The largest absolute Gasteiger partial charge is 0.208 e. The van der Waals surface area contributed by atoms with Crippen LogP contribution in [0.2, 0.25) is 0 Å². The van der Waals surface area contributed by atoms with Gasteiger partial charge in [0.2, 0.25) is 0 Å². The standard InChI is InChI=1S/C52H40N6/c1-5-13-34(14-6-1)46-53-47(35-15-7-2-8-16-35)56-50(55-46)38-21-23-42-43-24-22-39(31-45(43)52(44(42)30-38)40-26-32-25-33(28-40)29-41(52)27-32)51-57-48(36-17-9-3-10-18-36)54-49(58-51)37-19-11-4-12-20-37/h1-24,30-33,40-41H,25-29H2. The van der Waals surface area contributed by atoms with Crippen LogP contribution in [0, 0.1) is 23.7 Å². The van der Waals surface area contributed by atoms with E-state index in [0.717, 1.165) is 45.2 Å². The molecule has 0 unspecified atom stereocenters. The van der Waals surface area contributed by atoms with E-state index in [-0.39, 0.29) is 5.41 Å². The minimum atomic E-state index is -0.0980. The van der Waals surface area contributed by atoms with Crippen LogP contribution < -0.4 is 0 Å². The lowest BCUT2D eigenvalue weighted by Gasteiger charge is -2.61. The third-order valence-corrected chi connectivity index (χ3v) is 13.6. The van der Waals surface area contributed by atoms with Gasteiger partial charge in [-0.2, -0.15) is 0 Å². The molecule has 0 atom stereocenters. The zero-order chi connectivity index (χ0) is 38.2. The quantitative estimate of drug-likeness (QED) is 0.168. The molecule has 4 saturated carbocycles. The van der Waals surface area contributed by atoms with E-state index in [1.165, 1.54) is 54.4 Å². The van der Waals surface area contributed by atoms with Crippen LogP contribution in [0.15, 0.2) is 158 Å². The van der Waals surface area contributed by atoms with Crippen LogP contribution in [-0.4, -0.2) is 29.9 Å². The van der Waals surface area contributed by atoms with Gasteiger partial charge in [0.1, 0.15) is 0 Å². The van der Waals surface area contributed by atoms with Gasteiger partial charge in [0.05, 0.1) is 0 Å². The zero-order valence-electron chi connectivity index (χ0n) is 32.0. The van der Waals surface area contributed by atoms with Crippen LogP contribution in [0.4, 0.5) is 0 Å². The summed E-state index contributed by atoms with van der Waals surface area (Å²) < 4.78 is 0. The fraction of sp³-hybridized carbons (Fsp3) is 0.192. The smallest absolute Gasteiger partial charge is 0.164 e. The molecule has 6 heteroatoms. The second-order valence-electron chi connectivity index (χ2n) is 16.8. The minimum absolute atomic E-state index is 0.0980. The highest BCUT2D eigenvalue weighted by molar-refractivity contribution is 5.86. The van der Waals surface area contributed by atoms with Gasteiger partial charge in [-0.05, 0) is 90.2 Å². The first-order valence-corrected chi connectivity index (χ1v) is 20.7. The fourth-order valence-corrected chi connectivity index (χ4v) is 11.3. The van der Waals surface area contributed by atoms with E-state index < -0.39 is 0 Å². The monoisotopic (exact) mass is 748 g/mol. The first-order chi connectivity index (χ1) is 28.7. The first kappa shape index (κ1) is 33.5. The summed E-state index contributed by atoms with van der Waals surface area (Å²) in [5, 5.41) is 0. The summed E-state index contributed by atoms with van der Waals surface area (Å²) >= 11 is 0. The molecule has 6 aromatic carbocycles. The molecule has 58 heavy (non-hydrogen) atoms. The summed E-state index contributed by atoms with van der Waals surface area (Å²) in [6.07, 6.45) is 6.53. The summed E-state index contributed by atoms with van der Waals surface area (Å²) in [4.78, 5) is 30.7. The lowest BCUT2D eigenvalue weighted by molar-refractivity contribution is -0.0399. The van der Waals surface area contributed by atoms with E-state index in [2.05, 4.69) is 84.9 Å². The summed E-state index contributed by atoms with van der Waals surface area (Å²) in [5.41, 5.74) is 11.4. The SMILES string of the molecule is c1ccc(-c2nc(-c3ccccc3)nc(-c3ccc4c(c3)C3(c5cc(-c6nc(-c7ccccc7)nc(-c7ccccc7)n6)ccc5-4)C4CC5CC(C4)CC3C5)n2)cc1. The van der Waals surface area contributed by atoms with Crippen molar-refractivity contribution >= 4 is 0 Å². The highest BCUT2D eigenvalue weighted by Gasteiger charge is 2.61. The van der Waals surface area contributed by atoms with Crippen molar-refractivity contribution in [3.8, 4) is 79.5 Å². The van der Waals surface area contributed by atoms with Crippen LogP contribution in [0.3, 0.4) is 0 Å². The summed E-state index contributed by atoms with van der Waals surface area (Å²) in [7, 11) is 0. The highest BCUT2D eigenvalue weighted by atomic mass is 15.0. The molecule has 4 bridgehead atoms. The molecule has 6 nitrogen and oxygen atoms in total. The van der Waals surface area contributed by atoms with E-state index in [1.54, 1.807) is 0 Å². The maximum absolute atomic E-state index is 5.17. The van der Waals surface area contributed by atoms with Crippen molar-refractivity contribution in [3.05, 3.63) is 169 Å². The Morgan fingerprint density at radius 2 is 0.603 bits per heavy atom. The maximum atomic E-state index is 5.17. The van der Waals surface area contributed by atoms with Crippen molar-refractivity contribution < 1.29 is 0 Å². The third-order valence-electron chi connectivity index (χ3n) is 13.6. The van der Waals surface area contributed by atoms with Crippen molar-refractivity contribution in [1.82, 2.24) is 29.9 Å². The Kier molecular flexibility index (Phi) is 7.62. The van der Waals surface area contributed by atoms with E-state index in [4.69, 9.17) is 29.9 Å². The minimum Gasteiger partial charge on any atom is -0.208 e.